The lowest BCUT2D eigenvalue weighted by atomic mass is 9.41. The molecule has 0 aromatic rings. The minimum atomic E-state index is -0.902. The Morgan fingerprint density at radius 3 is 2.39 bits per heavy atom. The average molecular weight is 457 g/mol. The Kier molecular flexibility index (Phi) is 5.94. The lowest BCUT2D eigenvalue weighted by molar-refractivity contribution is -0.146. The average Bonchev–Trinajstić information content (AvgIpc) is 3.00. The van der Waals surface area contributed by atoms with Gasteiger partial charge < -0.3 is 10.2 Å². The third-order valence-corrected chi connectivity index (χ3v) is 11.5. The van der Waals surface area contributed by atoms with Crippen LogP contribution in [-0.2, 0) is 4.79 Å². The highest BCUT2D eigenvalue weighted by atomic mass is 16.3. The number of carbonyl (C=O) groups excluding carboxylic acids is 1. The normalized spacial score (nSPS) is 44.6. The molecule has 0 amide bonds. The van der Waals surface area contributed by atoms with Crippen LogP contribution in [0.15, 0.2) is 23.8 Å². The van der Waals surface area contributed by atoms with Gasteiger partial charge in [0.25, 0.3) is 0 Å². The van der Waals surface area contributed by atoms with Gasteiger partial charge in [0.05, 0.1) is 11.7 Å². The van der Waals surface area contributed by atoms with Crippen molar-refractivity contribution >= 4 is 5.78 Å². The van der Waals surface area contributed by atoms with Crippen LogP contribution in [0, 0.1) is 45.3 Å². The number of aliphatic hydroxyl groups excluding tert-OH is 1. The number of hydrogen-bond donors (Lipinski definition) is 2. The van der Waals surface area contributed by atoms with Crippen LogP contribution < -0.4 is 0 Å². The Labute approximate surface area is 202 Å². The highest BCUT2D eigenvalue weighted by molar-refractivity contribution is 5.85. The SMILES string of the molecule is C[C@@H]([C@H](O)/C=C/C(C)(C)O)[C@@H]1CC[C@]2(C)C3=CC[C@@H]4C(C)(C)C(=O)CC[C@]4(C)[C@H]3CC[C@@]12C. The summed E-state index contributed by atoms with van der Waals surface area (Å²) in [5.41, 5.74) is 1.10. The summed E-state index contributed by atoms with van der Waals surface area (Å²) < 4.78 is 0. The summed E-state index contributed by atoms with van der Waals surface area (Å²) in [4.78, 5) is 12.8. The third-order valence-electron chi connectivity index (χ3n) is 11.5. The topological polar surface area (TPSA) is 57.5 Å². The predicted molar refractivity (Wildman–Crippen MR) is 135 cm³/mol. The number of Topliss-reactive ketones (excluding diaryl/α,β-unsaturated/α-hetero) is 1. The van der Waals surface area contributed by atoms with Gasteiger partial charge in [-0.05, 0) is 92.3 Å². The van der Waals surface area contributed by atoms with E-state index in [1.54, 1.807) is 25.5 Å². The zero-order valence-electron chi connectivity index (χ0n) is 22.4. The van der Waals surface area contributed by atoms with Crippen LogP contribution in [0.1, 0.15) is 100 Å². The first kappa shape index (κ1) is 25.2. The Morgan fingerprint density at radius 1 is 1.09 bits per heavy atom. The van der Waals surface area contributed by atoms with Gasteiger partial charge in [-0.25, -0.2) is 0 Å². The summed E-state index contributed by atoms with van der Waals surface area (Å²) in [6.07, 6.45) is 13.1. The number of carbonyl (C=O) groups is 1. The first-order valence-electron chi connectivity index (χ1n) is 13.4. The summed E-state index contributed by atoms with van der Waals surface area (Å²) >= 11 is 0. The first-order valence-corrected chi connectivity index (χ1v) is 13.4. The van der Waals surface area contributed by atoms with Crippen molar-refractivity contribution in [1.82, 2.24) is 0 Å². The van der Waals surface area contributed by atoms with E-state index in [4.69, 9.17) is 0 Å². The quantitative estimate of drug-likeness (QED) is 0.476. The molecule has 186 valence electrons. The van der Waals surface area contributed by atoms with Gasteiger partial charge in [0.1, 0.15) is 5.78 Å². The van der Waals surface area contributed by atoms with Gasteiger partial charge in [-0.3, -0.25) is 4.79 Å². The molecule has 3 fully saturated rings. The molecular formula is C30H48O3. The molecule has 0 saturated heterocycles. The van der Waals surface area contributed by atoms with E-state index in [1.165, 1.54) is 19.3 Å². The summed E-state index contributed by atoms with van der Waals surface area (Å²) in [5, 5.41) is 21.1. The molecule has 0 radical (unpaired) electrons. The fourth-order valence-electron chi connectivity index (χ4n) is 9.14. The Balaban J connectivity index is 1.65. The molecule has 2 N–H and O–H groups in total. The number of fused-ring (bicyclic) bond motifs is 5. The lowest BCUT2D eigenvalue weighted by Gasteiger charge is -2.63. The number of hydrogen-bond acceptors (Lipinski definition) is 3. The molecule has 0 heterocycles. The fourth-order valence-corrected chi connectivity index (χ4v) is 9.14. The van der Waals surface area contributed by atoms with Crippen molar-refractivity contribution in [1.29, 1.82) is 0 Å². The van der Waals surface area contributed by atoms with E-state index in [1.807, 2.05) is 6.08 Å². The van der Waals surface area contributed by atoms with E-state index in [0.717, 1.165) is 25.7 Å². The Bertz CT molecular complexity index is 860. The smallest absolute Gasteiger partial charge is 0.138 e. The predicted octanol–water partition coefficient (Wildman–Crippen LogP) is 6.48. The fraction of sp³-hybridized carbons (Fsp3) is 0.833. The van der Waals surface area contributed by atoms with Gasteiger partial charge in [-0.2, -0.15) is 0 Å². The minimum absolute atomic E-state index is 0.158. The maximum Gasteiger partial charge on any atom is 0.138 e. The van der Waals surface area contributed by atoms with E-state index < -0.39 is 11.7 Å². The minimum Gasteiger partial charge on any atom is -0.389 e. The van der Waals surface area contributed by atoms with Crippen LogP contribution in [0.3, 0.4) is 0 Å². The van der Waals surface area contributed by atoms with Gasteiger partial charge in [-0.1, -0.05) is 65.3 Å². The number of allylic oxidation sites excluding steroid dienone is 2. The molecule has 33 heavy (non-hydrogen) atoms. The molecule has 3 heteroatoms. The molecule has 4 aliphatic rings. The van der Waals surface area contributed by atoms with Gasteiger partial charge >= 0.3 is 0 Å². The molecule has 4 rings (SSSR count). The van der Waals surface area contributed by atoms with E-state index >= 15 is 0 Å². The van der Waals surface area contributed by atoms with Gasteiger partial charge in [0.15, 0.2) is 0 Å². The van der Waals surface area contributed by atoms with Crippen LogP contribution in [-0.4, -0.2) is 27.7 Å². The van der Waals surface area contributed by atoms with Crippen molar-refractivity contribution in [2.75, 3.05) is 0 Å². The molecular weight excluding hydrogens is 408 g/mol. The molecule has 0 bridgehead atoms. The van der Waals surface area contributed by atoms with E-state index in [0.29, 0.717) is 23.5 Å². The second-order valence-electron chi connectivity index (χ2n) is 13.9. The van der Waals surface area contributed by atoms with E-state index in [2.05, 4.69) is 47.6 Å². The zero-order valence-corrected chi connectivity index (χ0v) is 22.4. The molecule has 0 aromatic heterocycles. The molecule has 0 aromatic carbocycles. The number of rotatable bonds is 4. The monoisotopic (exact) mass is 456 g/mol. The van der Waals surface area contributed by atoms with E-state index in [9.17, 15) is 15.0 Å². The number of ketones is 1. The van der Waals surface area contributed by atoms with Crippen molar-refractivity contribution in [3.8, 4) is 0 Å². The highest BCUT2D eigenvalue weighted by Gasteiger charge is 2.65. The van der Waals surface area contributed by atoms with Crippen LogP contribution >= 0.6 is 0 Å². The van der Waals surface area contributed by atoms with Crippen LogP contribution in [0.4, 0.5) is 0 Å². The van der Waals surface area contributed by atoms with Crippen molar-refractivity contribution in [3.63, 3.8) is 0 Å². The molecule has 3 saturated carbocycles. The summed E-state index contributed by atoms with van der Waals surface area (Å²) in [5.74, 6) is 2.09. The summed E-state index contributed by atoms with van der Waals surface area (Å²) in [6.45, 7) is 17.6. The highest BCUT2D eigenvalue weighted by Crippen LogP contribution is 2.73. The van der Waals surface area contributed by atoms with Gasteiger partial charge in [-0.15, -0.1) is 0 Å². The standard InChI is InChI=1S/C30H48O3/c1-19(23(31)13-15-26(2,3)33)20-11-17-30(8)22-9-10-24-27(4,5)25(32)14-16-28(24,6)21(22)12-18-29(20,30)7/h9,13,15,19-21,23-24,31,33H,10-12,14,16-18H2,1-8H3/b15-13+/t19-,20+,21+,23-,24-,28-,29+,30-/m1/s1. The second kappa shape index (κ2) is 7.79. The molecule has 0 aliphatic heterocycles. The largest absolute Gasteiger partial charge is 0.389 e. The van der Waals surface area contributed by atoms with Crippen LogP contribution in [0.2, 0.25) is 0 Å². The van der Waals surface area contributed by atoms with Crippen LogP contribution in [0.5, 0.6) is 0 Å². The Morgan fingerprint density at radius 2 is 1.76 bits per heavy atom. The second-order valence-corrected chi connectivity index (χ2v) is 13.9. The van der Waals surface area contributed by atoms with Crippen molar-refractivity contribution in [2.45, 2.75) is 112 Å². The maximum absolute atomic E-state index is 12.8. The summed E-state index contributed by atoms with van der Waals surface area (Å²) in [6, 6.07) is 0. The summed E-state index contributed by atoms with van der Waals surface area (Å²) in [7, 11) is 0. The van der Waals surface area contributed by atoms with Gasteiger partial charge in [0.2, 0.25) is 0 Å². The van der Waals surface area contributed by atoms with Gasteiger partial charge in [0, 0.05) is 11.8 Å². The Hall–Kier alpha value is -0.930. The van der Waals surface area contributed by atoms with E-state index in [-0.39, 0.29) is 27.6 Å². The molecule has 8 atom stereocenters. The van der Waals surface area contributed by atoms with Crippen molar-refractivity contribution in [2.24, 2.45) is 45.3 Å². The third kappa shape index (κ3) is 3.63. The van der Waals surface area contributed by atoms with Crippen LogP contribution in [0.25, 0.3) is 0 Å². The molecule has 0 unspecified atom stereocenters. The maximum atomic E-state index is 12.8. The van der Waals surface area contributed by atoms with Crippen molar-refractivity contribution < 1.29 is 15.0 Å². The first-order chi connectivity index (χ1) is 15.1. The van der Waals surface area contributed by atoms with Crippen molar-refractivity contribution in [3.05, 3.63) is 23.8 Å². The molecule has 3 nitrogen and oxygen atoms in total. The lowest BCUT2D eigenvalue weighted by Crippen LogP contribution is -2.57. The molecule has 0 spiro atoms. The number of aliphatic hydroxyl groups is 2. The molecule has 4 aliphatic carbocycles. The zero-order chi connectivity index (χ0) is 24.6.